The first kappa shape index (κ1) is 29.3. The van der Waals surface area contributed by atoms with E-state index in [9.17, 15) is 19.2 Å². The lowest BCUT2D eigenvalue weighted by Gasteiger charge is -2.31. The molecule has 3 rings (SSSR count). The molecule has 0 spiro atoms. The number of carbonyl (C=O) groups is 4. The second-order valence-electron chi connectivity index (χ2n) is 10.1. The van der Waals surface area contributed by atoms with Gasteiger partial charge in [-0.1, -0.05) is 31.7 Å². The van der Waals surface area contributed by atoms with Crippen LogP contribution in [0.25, 0.3) is 0 Å². The number of benzene rings is 1. The summed E-state index contributed by atoms with van der Waals surface area (Å²) in [5.41, 5.74) is 0. The van der Waals surface area contributed by atoms with Crippen LogP contribution in [-0.2, 0) is 19.2 Å². The lowest BCUT2D eigenvalue weighted by Crippen LogP contribution is -2.52. The van der Waals surface area contributed by atoms with E-state index in [0.717, 1.165) is 62.9 Å². The van der Waals surface area contributed by atoms with Crippen LogP contribution in [-0.4, -0.2) is 110 Å². The first-order valence-corrected chi connectivity index (χ1v) is 13.7. The zero-order chi connectivity index (χ0) is 27.3. The molecule has 0 saturated carbocycles. The minimum absolute atomic E-state index is 0.000624. The average molecular weight is 531 g/mol. The number of likely N-dealkylation sites (N-methyl/N-ethyl adjacent to an activating group) is 2. The van der Waals surface area contributed by atoms with E-state index in [1.165, 1.54) is 9.80 Å². The van der Waals surface area contributed by atoms with Gasteiger partial charge >= 0.3 is 0 Å². The molecule has 0 aromatic heterocycles. The second kappa shape index (κ2) is 15.2. The van der Waals surface area contributed by atoms with Crippen LogP contribution in [0, 0.1) is 0 Å². The number of amides is 4. The Morgan fingerprint density at radius 2 is 1.00 bits per heavy atom. The minimum atomic E-state index is -0.000624. The summed E-state index contributed by atoms with van der Waals surface area (Å²) in [6.45, 7) is 3.26. The van der Waals surface area contributed by atoms with Gasteiger partial charge in [0, 0.05) is 33.3 Å². The van der Waals surface area contributed by atoms with Gasteiger partial charge in [-0.3, -0.25) is 19.2 Å². The third kappa shape index (κ3) is 9.54. The Morgan fingerprint density at radius 1 is 0.579 bits per heavy atom. The smallest absolute Gasteiger partial charge is 0.242 e. The van der Waals surface area contributed by atoms with Crippen LogP contribution in [0.15, 0.2) is 24.3 Å². The van der Waals surface area contributed by atoms with Gasteiger partial charge < -0.3 is 29.1 Å². The van der Waals surface area contributed by atoms with Crippen molar-refractivity contribution in [2.45, 2.75) is 51.4 Å². The monoisotopic (exact) mass is 530 g/mol. The first-order valence-electron chi connectivity index (χ1n) is 13.7. The molecule has 0 N–H and O–H groups in total. The summed E-state index contributed by atoms with van der Waals surface area (Å²) in [4.78, 5) is 53.8. The van der Waals surface area contributed by atoms with Gasteiger partial charge in [0.05, 0.1) is 39.4 Å². The first-order chi connectivity index (χ1) is 18.3. The van der Waals surface area contributed by atoms with Crippen molar-refractivity contribution in [1.82, 2.24) is 19.6 Å². The molecule has 0 aliphatic carbocycles. The van der Waals surface area contributed by atoms with Gasteiger partial charge in [0.2, 0.25) is 23.6 Å². The topological polar surface area (TPSA) is 99.7 Å². The number of carbonyl (C=O) groups excluding carboxylic acids is 4. The highest BCUT2D eigenvalue weighted by molar-refractivity contribution is 5.92. The molecule has 2 aliphatic heterocycles. The summed E-state index contributed by atoms with van der Waals surface area (Å²) in [5.74, 6) is 1.62. The van der Waals surface area contributed by atoms with E-state index in [1.807, 2.05) is 24.3 Å². The summed E-state index contributed by atoms with van der Waals surface area (Å²) in [6, 6.07) is 7.68. The standard InChI is InChI=1S/C28H42N4O6/c1-29-19-27(35)31(21-25(29)33)14-7-3-5-9-16-37-23-12-11-13-24(18-23)38-17-10-6-4-8-15-32-22-26(34)30(2)20-28(32)36/h11-13,18H,3-10,14-17,19-22H2,1-2H3. The maximum atomic E-state index is 12.0. The molecule has 1 aromatic carbocycles. The van der Waals surface area contributed by atoms with Gasteiger partial charge in [0.1, 0.15) is 11.5 Å². The molecule has 10 heteroatoms. The Labute approximate surface area is 225 Å². The Hall–Kier alpha value is -3.30. The van der Waals surface area contributed by atoms with E-state index in [2.05, 4.69) is 0 Å². The normalized spacial score (nSPS) is 16.5. The molecule has 0 unspecified atom stereocenters. The molecule has 4 amide bonds. The molecule has 2 heterocycles. The Morgan fingerprint density at radius 3 is 1.45 bits per heavy atom. The molecule has 0 radical (unpaired) electrons. The van der Waals surface area contributed by atoms with Gasteiger partial charge in [-0.15, -0.1) is 0 Å². The zero-order valence-electron chi connectivity index (χ0n) is 22.9. The molecule has 2 aliphatic rings. The Bertz CT molecular complexity index is 884. The van der Waals surface area contributed by atoms with Gasteiger partial charge in [-0.05, 0) is 37.8 Å². The zero-order valence-corrected chi connectivity index (χ0v) is 22.9. The Balaban J connectivity index is 1.19. The third-order valence-corrected chi connectivity index (χ3v) is 6.94. The highest BCUT2D eigenvalue weighted by Gasteiger charge is 2.27. The summed E-state index contributed by atoms with van der Waals surface area (Å²) < 4.78 is 11.7. The van der Waals surface area contributed by atoms with Crippen molar-refractivity contribution in [3.8, 4) is 11.5 Å². The fourth-order valence-corrected chi connectivity index (χ4v) is 4.48. The molecule has 10 nitrogen and oxygen atoms in total. The molecule has 1 aromatic rings. The number of hydrogen-bond donors (Lipinski definition) is 0. The maximum absolute atomic E-state index is 12.0. The fraction of sp³-hybridized carbons (Fsp3) is 0.643. The van der Waals surface area contributed by atoms with Crippen LogP contribution in [0.2, 0.25) is 0 Å². The van der Waals surface area contributed by atoms with Crippen LogP contribution >= 0.6 is 0 Å². The number of rotatable bonds is 16. The number of ether oxygens (including phenoxy) is 2. The lowest BCUT2D eigenvalue weighted by molar-refractivity contribution is -0.148. The van der Waals surface area contributed by atoms with Gasteiger partial charge in [-0.25, -0.2) is 0 Å². The molecule has 0 bridgehead atoms. The fourth-order valence-electron chi connectivity index (χ4n) is 4.48. The molecular weight excluding hydrogens is 488 g/mol. The maximum Gasteiger partial charge on any atom is 0.242 e. The van der Waals surface area contributed by atoms with Crippen molar-refractivity contribution in [2.75, 3.05) is 66.6 Å². The second-order valence-corrected chi connectivity index (χ2v) is 10.1. The van der Waals surface area contributed by atoms with E-state index in [0.29, 0.717) is 26.3 Å². The quantitative estimate of drug-likeness (QED) is 0.304. The van der Waals surface area contributed by atoms with Crippen LogP contribution in [0.4, 0.5) is 0 Å². The number of unbranched alkanes of at least 4 members (excludes halogenated alkanes) is 6. The molecule has 2 fully saturated rings. The van der Waals surface area contributed by atoms with E-state index >= 15 is 0 Å². The van der Waals surface area contributed by atoms with Crippen molar-refractivity contribution in [3.05, 3.63) is 24.3 Å². The van der Waals surface area contributed by atoms with E-state index in [-0.39, 0.29) is 49.8 Å². The van der Waals surface area contributed by atoms with Gasteiger partial charge in [0.25, 0.3) is 0 Å². The molecule has 38 heavy (non-hydrogen) atoms. The van der Waals surface area contributed by atoms with Crippen LogP contribution in [0.5, 0.6) is 11.5 Å². The SMILES string of the molecule is CN1CC(=O)N(CCCCCCOc2cccc(OCCCCCCN3CC(=O)N(C)CC3=O)c2)CC1=O. The van der Waals surface area contributed by atoms with Crippen LogP contribution < -0.4 is 9.47 Å². The number of nitrogens with zero attached hydrogens (tertiary/aromatic N) is 4. The van der Waals surface area contributed by atoms with E-state index in [1.54, 1.807) is 23.9 Å². The predicted molar refractivity (Wildman–Crippen MR) is 143 cm³/mol. The summed E-state index contributed by atoms with van der Waals surface area (Å²) in [7, 11) is 3.32. The minimum Gasteiger partial charge on any atom is -0.493 e. The van der Waals surface area contributed by atoms with E-state index in [4.69, 9.17) is 9.47 Å². The molecule has 2 saturated heterocycles. The van der Waals surface area contributed by atoms with Gasteiger partial charge in [-0.2, -0.15) is 0 Å². The third-order valence-electron chi connectivity index (χ3n) is 6.94. The molecular formula is C28H42N4O6. The summed E-state index contributed by atoms with van der Waals surface area (Å²) in [5, 5.41) is 0. The Kier molecular flexibility index (Phi) is 11.7. The molecule has 0 atom stereocenters. The van der Waals surface area contributed by atoms with Gasteiger partial charge in [0.15, 0.2) is 0 Å². The van der Waals surface area contributed by atoms with Crippen molar-refractivity contribution in [3.63, 3.8) is 0 Å². The summed E-state index contributed by atoms with van der Waals surface area (Å²) in [6.07, 6.45) is 7.62. The highest BCUT2D eigenvalue weighted by atomic mass is 16.5. The largest absolute Gasteiger partial charge is 0.493 e. The van der Waals surface area contributed by atoms with Crippen LogP contribution in [0.1, 0.15) is 51.4 Å². The van der Waals surface area contributed by atoms with Crippen molar-refractivity contribution < 1.29 is 28.7 Å². The van der Waals surface area contributed by atoms with Crippen LogP contribution in [0.3, 0.4) is 0 Å². The average Bonchev–Trinajstić information content (AvgIpc) is 2.89. The summed E-state index contributed by atoms with van der Waals surface area (Å²) >= 11 is 0. The number of piperazine rings is 2. The van der Waals surface area contributed by atoms with Crippen molar-refractivity contribution in [2.24, 2.45) is 0 Å². The van der Waals surface area contributed by atoms with E-state index < -0.39 is 0 Å². The van der Waals surface area contributed by atoms with Crippen molar-refractivity contribution in [1.29, 1.82) is 0 Å². The highest BCUT2D eigenvalue weighted by Crippen LogP contribution is 2.20. The predicted octanol–water partition coefficient (Wildman–Crippen LogP) is 2.17. The number of hydrogen-bond acceptors (Lipinski definition) is 6. The molecule has 210 valence electrons. The van der Waals surface area contributed by atoms with Crippen molar-refractivity contribution >= 4 is 23.6 Å². The lowest BCUT2D eigenvalue weighted by atomic mass is 10.2.